The van der Waals surface area contributed by atoms with E-state index in [1.807, 2.05) is 0 Å². The Morgan fingerprint density at radius 2 is 1.84 bits per heavy atom. The zero-order chi connectivity index (χ0) is 18.4. The molecule has 9 nitrogen and oxygen atoms in total. The Hall–Kier alpha value is -2.04. The molecule has 2 N–H and O–H groups in total. The number of carbonyl (C=O) groups is 1. The Bertz CT molecular complexity index is 712. The van der Waals surface area contributed by atoms with Crippen LogP contribution in [0.3, 0.4) is 0 Å². The van der Waals surface area contributed by atoms with Gasteiger partial charge in [-0.15, -0.1) is 5.11 Å². The highest BCUT2D eigenvalue weighted by Crippen LogP contribution is 2.18. The van der Waals surface area contributed by atoms with Crippen molar-refractivity contribution in [3.63, 3.8) is 0 Å². The van der Waals surface area contributed by atoms with E-state index in [0.717, 1.165) is 0 Å². The van der Waals surface area contributed by atoms with Gasteiger partial charge in [-0.3, -0.25) is 9.80 Å². The average molecular weight is 370 g/mol. The minimum atomic E-state index is -3.93. The first-order chi connectivity index (χ1) is 11.8. The van der Waals surface area contributed by atoms with E-state index in [-0.39, 0.29) is 10.8 Å². The van der Waals surface area contributed by atoms with Crippen LogP contribution in [0.25, 0.3) is 0 Å². The Morgan fingerprint density at radius 1 is 1.24 bits per heavy atom. The summed E-state index contributed by atoms with van der Waals surface area (Å²) in [4.78, 5) is 11.1. The molecule has 0 amide bonds. The van der Waals surface area contributed by atoms with Gasteiger partial charge in [-0.1, -0.05) is 19.1 Å². The molecule has 1 aliphatic rings. The molecule has 10 heteroatoms. The number of aliphatic carboxylic acids is 1. The normalized spacial score (nSPS) is 17.2. The van der Waals surface area contributed by atoms with E-state index in [9.17, 15) is 13.2 Å². The minimum Gasteiger partial charge on any atom is -0.480 e. The number of morpholine rings is 1. The van der Waals surface area contributed by atoms with Crippen molar-refractivity contribution in [1.29, 1.82) is 0 Å². The quantitative estimate of drug-likeness (QED) is 0.700. The van der Waals surface area contributed by atoms with Crippen molar-refractivity contribution < 1.29 is 23.1 Å². The lowest BCUT2D eigenvalue weighted by atomic mass is 10.1. The lowest BCUT2D eigenvalue weighted by Crippen LogP contribution is -2.44. The van der Waals surface area contributed by atoms with E-state index >= 15 is 0 Å². The first-order valence-electron chi connectivity index (χ1n) is 7.89. The molecular formula is C15H22N4O5S. The molecule has 1 saturated heterocycles. The van der Waals surface area contributed by atoms with Crippen molar-refractivity contribution in [2.75, 3.05) is 26.3 Å². The summed E-state index contributed by atoms with van der Waals surface area (Å²) < 4.78 is 32.1. The SMILES string of the molecule is CC(C)[C@H](NS(=O)(=O)c1ccc(N=NN2CCOCC2)cc1)C(=O)O. The van der Waals surface area contributed by atoms with Crippen molar-refractivity contribution in [2.45, 2.75) is 24.8 Å². The highest BCUT2D eigenvalue weighted by molar-refractivity contribution is 7.89. The lowest BCUT2D eigenvalue weighted by molar-refractivity contribution is -0.140. The van der Waals surface area contributed by atoms with Gasteiger partial charge in [0.05, 0.1) is 36.9 Å². The van der Waals surface area contributed by atoms with E-state index in [4.69, 9.17) is 9.84 Å². The average Bonchev–Trinajstić information content (AvgIpc) is 2.59. The first-order valence-corrected chi connectivity index (χ1v) is 9.37. The van der Waals surface area contributed by atoms with Crippen molar-refractivity contribution in [3.8, 4) is 0 Å². The first kappa shape index (κ1) is 19.3. The summed E-state index contributed by atoms with van der Waals surface area (Å²) in [6.07, 6.45) is 0. The van der Waals surface area contributed by atoms with Gasteiger partial charge in [-0.25, -0.2) is 8.42 Å². The summed E-state index contributed by atoms with van der Waals surface area (Å²) in [5.74, 6) is -1.59. The standard InChI is InChI=1S/C15H22N4O5S/c1-11(2)14(15(20)21)17-25(22,23)13-5-3-12(4-6-13)16-18-19-7-9-24-10-8-19/h3-6,11,14,17H,7-10H2,1-2H3,(H,20,21)/t14-/m0/s1. The van der Waals surface area contributed by atoms with Crippen LogP contribution in [0.1, 0.15) is 13.8 Å². The van der Waals surface area contributed by atoms with Gasteiger partial charge in [-0.05, 0) is 30.2 Å². The Kier molecular flexibility index (Phi) is 6.45. The molecule has 0 aromatic heterocycles. The van der Waals surface area contributed by atoms with E-state index in [1.54, 1.807) is 18.9 Å². The number of hydrogen-bond donors (Lipinski definition) is 2. The summed E-state index contributed by atoms with van der Waals surface area (Å²) in [5, 5.41) is 19.0. The lowest BCUT2D eigenvalue weighted by Gasteiger charge is -2.22. The monoisotopic (exact) mass is 370 g/mol. The molecule has 0 unspecified atom stereocenters. The fraction of sp³-hybridized carbons (Fsp3) is 0.533. The van der Waals surface area contributed by atoms with Crippen LogP contribution in [0.15, 0.2) is 39.5 Å². The number of hydrogen-bond acceptors (Lipinski definition) is 6. The van der Waals surface area contributed by atoms with Crippen LogP contribution in [0, 0.1) is 5.92 Å². The molecule has 1 heterocycles. The fourth-order valence-corrected chi connectivity index (χ4v) is 3.49. The number of benzene rings is 1. The molecule has 1 aromatic carbocycles. The summed E-state index contributed by atoms with van der Waals surface area (Å²) in [7, 11) is -3.93. The van der Waals surface area contributed by atoms with E-state index < -0.39 is 22.0 Å². The molecule has 25 heavy (non-hydrogen) atoms. The van der Waals surface area contributed by atoms with Crippen LogP contribution < -0.4 is 4.72 Å². The van der Waals surface area contributed by atoms with Crippen molar-refractivity contribution in [3.05, 3.63) is 24.3 Å². The van der Waals surface area contributed by atoms with E-state index in [1.165, 1.54) is 24.3 Å². The Labute approximate surface area is 146 Å². The summed E-state index contributed by atoms with van der Waals surface area (Å²) in [6.45, 7) is 5.79. The van der Waals surface area contributed by atoms with Crippen molar-refractivity contribution in [1.82, 2.24) is 9.73 Å². The molecule has 2 rings (SSSR count). The predicted molar refractivity (Wildman–Crippen MR) is 89.9 cm³/mol. The maximum Gasteiger partial charge on any atom is 0.322 e. The zero-order valence-electron chi connectivity index (χ0n) is 14.1. The Morgan fingerprint density at radius 3 is 2.36 bits per heavy atom. The van der Waals surface area contributed by atoms with Crippen LogP contribution in [0.5, 0.6) is 0 Å². The molecule has 1 atom stereocenters. The topological polar surface area (TPSA) is 121 Å². The number of sulfonamides is 1. The molecule has 1 fully saturated rings. The van der Waals surface area contributed by atoms with Gasteiger partial charge in [0, 0.05) is 0 Å². The molecule has 138 valence electrons. The molecule has 0 spiro atoms. The third kappa shape index (κ3) is 5.48. The van der Waals surface area contributed by atoms with Crippen LogP contribution in [-0.2, 0) is 19.6 Å². The smallest absolute Gasteiger partial charge is 0.322 e. The molecule has 0 aliphatic carbocycles. The van der Waals surface area contributed by atoms with Gasteiger partial charge < -0.3 is 9.84 Å². The third-order valence-corrected chi connectivity index (χ3v) is 5.09. The van der Waals surface area contributed by atoms with Crippen molar-refractivity contribution in [2.24, 2.45) is 16.3 Å². The van der Waals surface area contributed by atoms with Crippen LogP contribution in [0.4, 0.5) is 5.69 Å². The number of rotatable bonds is 7. The van der Waals surface area contributed by atoms with Gasteiger partial charge in [0.25, 0.3) is 0 Å². The van der Waals surface area contributed by atoms with Gasteiger partial charge in [0.15, 0.2) is 0 Å². The molecule has 0 saturated carbocycles. The summed E-state index contributed by atoms with van der Waals surface area (Å²) in [6, 6.07) is 4.59. The minimum absolute atomic E-state index is 0.0234. The van der Waals surface area contributed by atoms with Gasteiger partial charge >= 0.3 is 5.97 Å². The van der Waals surface area contributed by atoms with Gasteiger partial charge in [0.1, 0.15) is 6.04 Å². The second kappa shape index (κ2) is 8.37. The molecule has 0 radical (unpaired) electrons. The number of ether oxygens (including phenoxy) is 1. The summed E-state index contributed by atoms with van der Waals surface area (Å²) in [5.41, 5.74) is 0.504. The number of nitrogens with one attached hydrogen (secondary N) is 1. The molecular weight excluding hydrogens is 348 g/mol. The zero-order valence-corrected chi connectivity index (χ0v) is 14.9. The predicted octanol–water partition coefficient (Wildman–Crippen LogP) is 1.41. The highest BCUT2D eigenvalue weighted by atomic mass is 32.2. The van der Waals surface area contributed by atoms with Crippen LogP contribution in [-0.4, -0.2) is 56.8 Å². The van der Waals surface area contributed by atoms with Gasteiger partial charge in [0.2, 0.25) is 10.0 Å². The van der Waals surface area contributed by atoms with Crippen LogP contribution in [0.2, 0.25) is 0 Å². The van der Waals surface area contributed by atoms with E-state index in [0.29, 0.717) is 32.0 Å². The van der Waals surface area contributed by atoms with Crippen LogP contribution >= 0.6 is 0 Å². The number of carboxylic acid groups (broad SMARTS) is 1. The molecule has 0 bridgehead atoms. The summed E-state index contributed by atoms with van der Waals surface area (Å²) >= 11 is 0. The van der Waals surface area contributed by atoms with Crippen molar-refractivity contribution >= 4 is 21.7 Å². The maximum absolute atomic E-state index is 12.3. The largest absolute Gasteiger partial charge is 0.480 e. The highest BCUT2D eigenvalue weighted by Gasteiger charge is 2.27. The Balaban J connectivity index is 2.07. The van der Waals surface area contributed by atoms with Gasteiger partial charge in [-0.2, -0.15) is 4.72 Å². The molecule has 1 aliphatic heterocycles. The maximum atomic E-state index is 12.3. The molecule has 1 aromatic rings. The number of carboxylic acids is 1. The second-order valence-electron chi connectivity index (χ2n) is 5.93. The fourth-order valence-electron chi connectivity index (χ4n) is 2.16. The third-order valence-electron chi connectivity index (χ3n) is 3.64. The van der Waals surface area contributed by atoms with E-state index in [2.05, 4.69) is 15.1 Å². The number of nitrogens with zero attached hydrogens (tertiary/aromatic N) is 3. The second-order valence-corrected chi connectivity index (χ2v) is 7.64.